The molecular formula is C29H42N6O5. The van der Waals surface area contributed by atoms with Crippen LogP contribution in [0.25, 0.3) is 11.0 Å². The number of benzene rings is 1. The van der Waals surface area contributed by atoms with Gasteiger partial charge in [-0.15, -0.1) is 0 Å². The van der Waals surface area contributed by atoms with Crippen molar-refractivity contribution in [3.8, 4) is 0 Å². The monoisotopic (exact) mass is 554 g/mol. The molecule has 2 aromatic rings. The minimum atomic E-state index is -0.683. The summed E-state index contributed by atoms with van der Waals surface area (Å²) in [4.78, 5) is 56.5. The highest BCUT2D eigenvalue weighted by molar-refractivity contribution is 6.00. The van der Waals surface area contributed by atoms with Gasteiger partial charge in [-0.3, -0.25) is 28.9 Å². The van der Waals surface area contributed by atoms with Crippen LogP contribution in [0.3, 0.4) is 0 Å². The summed E-state index contributed by atoms with van der Waals surface area (Å²) >= 11 is 0. The van der Waals surface area contributed by atoms with Crippen LogP contribution in [0.1, 0.15) is 58.9 Å². The van der Waals surface area contributed by atoms with E-state index >= 15 is 0 Å². The summed E-state index contributed by atoms with van der Waals surface area (Å²) in [7, 11) is 1.75. The van der Waals surface area contributed by atoms with Crippen molar-refractivity contribution in [2.24, 2.45) is 13.0 Å². The molecule has 1 atom stereocenters. The van der Waals surface area contributed by atoms with Gasteiger partial charge in [0.25, 0.3) is 0 Å². The number of imidazole rings is 1. The number of piperazine rings is 1. The van der Waals surface area contributed by atoms with Gasteiger partial charge >= 0.3 is 11.8 Å². The van der Waals surface area contributed by atoms with Crippen molar-refractivity contribution in [1.82, 2.24) is 24.3 Å². The summed E-state index contributed by atoms with van der Waals surface area (Å²) in [6.07, 6.45) is 3.50. The predicted molar refractivity (Wildman–Crippen MR) is 152 cm³/mol. The number of nitrogens with one attached hydrogen (secondary N) is 1. The molecule has 0 radical (unpaired) electrons. The Kier molecular flexibility index (Phi) is 7.94. The lowest BCUT2D eigenvalue weighted by molar-refractivity contribution is -0.135. The molecule has 1 N–H and O–H groups in total. The third-order valence-electron chi connectivity index (χ3n) is 8.44. The van der Waals surface area contributed by atoms with Crippen LogP contribution >= 0.6 is 0 Å². The Bertz CT molecular complexity index is 1320. The number of aromatic nitrogens is 2. The summed E-state index contributed by atoms with van der Waals surface area (Å²) in [6.45, 7) is 11.8. The second-order valence-electron chi connectivity index (χ2n) is 12.4. The van der Waals surface area contributed by atoms with Gasteiger partial charge < -0.3 is 14.5 Å². The van der Waals surface area contributed by atoms with Crippen molar-refractivity contribution in [1.29, 1.82) is 0 Å². The fraction of sp³-hybridized carbons (Fsp3) is 0.655. The molecule has 5 rings (SSSR count). The number of anilines is 1. The highest BCUT2D eigenvalue weighted by Gasteiger charge is 2.32. The maximum atomic E-state index is 13.3. The number of hydrogen-bond donors (Lipinski definition) is 1. The minimum absolute atomic E-state index is 0.206. The molecule has 0 saturated carbocycles. The Morgan fingerprint density at radius 3 is 2.35 bits per heavy atom. The molecule has 218 valence electrons. The van der Waals surface area contributed by atoms with Gasteiger partial charge in [0.05, 0.1) is 16.7 Å². The van der Waals surface area contributed by atoms with Gasteiger partial charge in [-0.05, 0) is 71.0 Å². The van der Waals surface area contributed by atoms with Crippen LogP contribution in [0.4, 0.5) is 10.5 Å². The van der Waals surface area contributed by atoms with Crippen LogP contribution in [0.2, 0.25) is 0 Å². The van der Waals surface area contributed by atoms with E-state index in [1.165, 1.54) is 0 Å². The van der Waals surface area contributed by atoms with Crippen molar-refractivity contribution >= 4 is 34.6 Å². The molecule has 1 aromatic heterocycles. The van der Waals surface area contributed by atoms with E-state index in [1.807, 2.05) is 43.9 Å². The second-order valence-corrected chi connectivity index (χ2v) is 12.4. The lowest BCUT2D eigenvalue weighted by Gasteiger charge is -2.38. The fourth-order valence-electron chi connectivity index (χ4n) is 6.21. The Hall–Kier alpha value is -3.34. The van der Waals surface area contributed by atoms with E-state index in [0.29, 0.717) is 12.3 Å². The Morgan fingerprint density at radius 1 is 1.00 bits per heavy atom. The van der Waals surface area contributed by atoms with Crippen molar-refractivity contribution in [2.75, 3.05) is 50.7 Å². The molecule has 11 heteroatoms. The summed E-state index contributed by atoms with van der Waals surface area (Å²) in [5.41, 5.74) is 1.83. The van der Waals surface area contributed by atoms with E-state index in [9.17, 15) is 19.2 Å². The maximum absolute atomic E-state index is 13.3. The van der Waals surface area contributed by atoms with Gasteiger partial charge in [0.2, 0.25) is 11.8 Å². The van der Waals surface area contributed by atoms with Crippen molar-refractivity contribution in [3.63, 3.8) is 0 Å². The van der Waals surface area contributed by atoms with Gasteiger partial charge in [0, 0.05) is 52.7 Å². The van der Waals surface area contributed by atoms with E-state index in [0.717, 1.165) is 81.8 Å². The van der Waals surface area contributed by atoms with E-state index < -0.39 is 17.6 Å². The summed E-state index contributed by atoms with van der Waals surface area (Å²) in [5.74, 6) is -0.0910. The zero-order chi connectivity index (χ0) is 28.6. The molecule has 4 heterocycles. The quantitative estimate of drug-likeness (QED) is 0.566. The molecule has 0 bridgehead atoms. The average molecular weight is 555 g/mol. The van der Waals surface area contributed by atoms with Crippen molar-refractivity contribution in [3.05, 3.63) is 28.7 Å². The average Bonchev–Trinajstić information content (AvgIpc) is 3.17. The van der Waals surface area contributed by atoms with Crippen molar-refractivity contribution < 1.29 is 19.1 Å². The summed E-state index contributed by atoms with van der Waals surface area (Å²) in [5, 5.41) is 2.38. The lowest BCUT2D eigenvalue weighted by Crippen LogP contribution is -2.47. The molecule has 3 amide bonds. The molecule has 3 aliphatic heterocycles. The third kappa shape index (κ3) is 5.89. The van der Waals surface area contributed by atoms with Crippen LogP contribution < -0.4 is 15.9 Å². The lowest BCUT2D eigenvalue weighted by atomic mass is 9.93. The Labute approximate surface area is 235 Å². The number of para-hydroxylation sites is 1. The number of imide groups is 1. The first kappa shape index (κ1) is 28.2. The summed E-state index contributed by atoms with van der Waals surface area (Å²) < 4.78 is 8.70. The van der Waals surface area contributed by atoms with Crippen LogP contribution in [0, 0.1) is 5.92 Å². The second kappa shape index (κ2) is 11.3. The van der Waals surface area contributed by atoms with Gasteiger partial charge in [-0.25, -0.2) is 9.59 Å². The zero-order valence-corrected chi connectivity index (χ0v) is 24.1. The van der Waals surface area contributed by atoms with Gasteiger partial charge in [0.15, 0.2) is 0 Å². The molecule has 0 aliphatic carbocycles. The standard InChI is InChI=1S/C29H42N6O5/c1-29(2,3)40-28(39)34-14-11-20(12-15-34)10-13-32-16-18-33(19-17-32)21-6-5-7-22-25(21)31(4)27(38)35(22)23-8-9-24(36)30-26(23)37/h5-7,20,23H,8-19H2,1-4H3,(H,30,36,37). The van der Waals surface area contributed by atoms with Gasteiger partial charge in [-0.2, -0.15) is 0 Å². The predicted octanol–water partition coefficient (Wildman–Crippen LogP) is 2.48. The van der Waals surface area contributed by atoms with Crippen LogP contribution in [0.5, 0.6) is 0 Å². The highest BCUT2D eigenvalue weighted by atomic mass is 16.6. The number of piperidine rings is 2. The van der Waals surface area contributed by atoms with E-state index in [4.69, 9.17) is 4.74 Å². The molecule has 3 saturated heterocycles. The molecule has 1 unspecified atom stereocenters. The van der Waals surface area contributed by atoms with E-state index in [1.54, 1.807) is 16.2 Å². The largest absolute Gasteiger partial charge is 0.444 e. The molecule has 40 heavy (non-hydrogen) atoms. The van der Waals surface area contributed by atoms with Crippen LogP contribution in [-0.4, -0.2) is 88.3 Å². The molecule has 11 nitrogen and oxygen atoms in total. The van der Waals surface area contributed by atoms with Gasteiger partial charge in [0.1, 0.15) is 11.6 Å². The smallest absolute Gasteiger partial charge is 0.410 e. The normalized spacial score (nSPS) is 21.6. The third-order valence-corrected chi connectivity index (χ3v) is 8.44. The van der Waals surface area contributed by atoms with E-state index in [2.05, 4.69) is 15.1 Å². The molecular weight excluding hydrogens is 512 g/mol. The number of likely N-dealkylation sites (tertiary alicyclic amines) is 1. The molecule has 1 aromatic carbocycles. The number of ether oxygens (including phenoxy) is 1. The van der Waals surface area contributed by atoms with Crippen molar-refractivity contribution in [2.45, 2.75) is 64.5 Å². The van der Waals surface area contributed by atoms with E-state index in [-0.39, 0.29) is 24.1 Å². The number of amides is 3. The maximum Gasteiger partial charge on any atom is 0.410 e. The number of fused-ring (bicyclic) bond motifs is 1. The summed E-state index contributed by atoms with van der Waals surface area (Å²) in [6, 6.07) is 5.19. The number of hydrogen-bond acceptors (Lipinski definition) is 7. The number of carbonyl (C=O) groups is 3. The zero-order valence-electron chi connectivity index (χ0n) is 24.1. The minimum Gasteiger partial charge on any atom is -0.444 e. The van der Waals surface area contributed by atoms with Crippen LogP contribution in [0.15, 0.2) is 23.0 Å². The number of rotatable bonds is 5. The first-order chi connectivity index (χ1) is 19.0. The SMILES string of the molecule is Cn1c(=O)n(C2CCC(=O)NC2=O)c2cccc(N3CCN(CCC4CCN(C(=O)OC(C)(C)C)CC4)CC3)c21. The molecule has 3 aliphatic rings. The number of aryl methyl sites for hydroxylation is 1. The molecule has 0 spiro atoms. The first-order valence-electron chi connectivity index (χ1n) is 14.5. The molecule has 3 fully saturated rings. The topological polar surface area (TPSA) is 109 Å². The Balaban J connectivity index is 1.17. The first-order valence-corrected chi connectivity index (χ1v) is 14.5. The highest BCUT2D eigenvalue weighted by Crippen LogP contribution is 2.30. The number of carbonyl (C=O) groups excluding carboxylic acids is 3. The fourth-order valence-corrected chi connectivity index (χ4v) is 6.21. The van der Waals surface area contributed by atoms with Crippen LogP contribution in [-0.2, 0) is 21.4 Å². The number of nitrogens with zero attached hydrogens (tertiary/aromatic N) is 5. The Morgan fingerprint density at radius 2 is 1.70 bits per heavy atom. The van der Waals surface area contributed by atoms with Gasteiger partial charge in [-0.1, -0.05) is 6.07 Å².